The molecule has 8 nitrogen and oxygen atoms in total. The molecular weight excluding hydrogens is 667 g/mol. The van der Waals surface area contributed by atoms with Crippen LogP contribution >= 0.6 is 0 Å². The standard InChI is InChI=1S/C14H22O3S.C10H8N2.3CO.Re/c1-11(9-10-14(2,3)4)12-5-7-13(8-6-12)18(15,16)17;1-3-7-11-9(5-1)10-6-2-4-8-12-10;3*1-2;/h5-8,11H,9-10H2,1-4H3,(H,15,16,17);1-8H;;;;/q;;3*-1;. The Morgan fingerprint density at radius 3 is 1.49 bits per heavy atom. The van der Waals surface area contributed by atoms with Gasteiger partial charge in [-0.05, 0) is 66.1 Å². The Kier molecular flexibility index (Phi) is 22.1. The van der Waals surface area contributed by atoms with E-state index in [1.807, 2.05) is 36.4 Å². The maximum atomic E-state index is 10.9. The van der Waals surface area contributed by atoms with Gasteiger partial charge in [-0.2, -0.15) is 8.42 Å². The maximum absolute atomic E-state index is 10.9. The second-order valence-electron chi connectivity index (χ2n) is 8.47. The van der Waals surface area contributed by atoms with Crippen molar-refractivity contribution in [3.8, 4) is 11.4 Å². The Morgan fingerprint density at radius 2 is 1.19 bits per heavy atom. The SMILES string of the molecule is CC(CCC(C)(C)C)c1ccc(S(=O)(=O)O)cc1.[C-]=O.[C-]=O.[C-]=O.[Re].c1ccc(-c2ccccn2)nc1. The zero-order chi connectivity index (χ0) is 28.2. The zero-order valence-corrected chi connectivity index (χ0v) is 24.6. The summed E-state index contributed by atoms with van der Waals surface area (Å²) in [4.78, 5) is 30.8. The van der Waals surface area contributed by atoms with Crippen molar-refractivity contribution in [1.29, 1.82) is 0 Å². The van der Waals surface area contributed by atoms with Crippen molar-refractivity contribution < 1.29 is 47.8 Å². The molecule has 0 amide bonds. The molecule has 0 aliphatic carbocycles. The van der Waals surface area contributed by atoms with Crippen LogP contribution in [-0.2, 0) is 44.9 Å². The molecule has 0 spiro atoms. The largest absolute Gasteiger partial charge is 0.573 e. The Hall–Kier alpha value is -2.90. The van der Waals surface area contributed by atoms with E-state index in [2.05, 4.69) is 58.0 Å². The van der Waals surface area contributed by atoms with Gasteiger partial charge in [0.25, 0.3) is 10.1 Å². The van der Waals surface area contributed by atoms with Gasteiger partial charge in [-0.1, -0.05) is 52.0 Å². The van der Waals surface area contributed by atoms with Gasteiger partial charge in [0.15, 0.2) is 0 Å². The van der Waals surface area contributed by atoms with Crippen LogP contribution in [0.5, 0.6) is 0 Å². The van der Waals surface area contributed by atoms with Crippen molar-refractivity contribution in [3.63, 3.8) is 0 Å². The van der Waals surface area contributed by atoms with Gasteiger partial charge in [-0.25, -0.2) is 0 Å². The topological polar surface area (TPSA) is 131 Å². The van der Waals surface area contributed by atoms with Crippen molar-refractivity contribution in [2.45, 2.75) is 51.3 Å². The molecule has 1 atom stereocenters. The molecule has 2 heterocycles. The van der Waals surface area contributed by atoms with E-state index >= 15 is 0 Å². The van der Waals surface area contributed by atoms with Gasteiger partial charge in [0.05, 0.1) is 16.3 Å². The molecule has 4 radical (unpaired) electrons. The number of carbonyl (C=O) groups excluding carboxylic acids is 3. The molecule has 0 fully saturated rings. The Bertz CT molecular complexity index is 1020. The molecule has 0 aliphatic rings. The van der Waals surface area contributed by atoms with E-state index in [4.69, 9.17) is 18.9 Å². The molecule has 3 rings (SSSR count). The fourth-order valence-corrected chi connectivity index (χ4v) is 3.29. The summed E-state index contributed by atoms with van der Waals surface area (Å²) in [5.41, 5.74) is 3.24. The summed E-state index contributed by atoms with van der Waals surface area (Å²) in [6.07, 6.45) is 5.72. The van der Waals surface area contributed by atoms with Gasteiger partial charge in [-0.3, -0.25) is 14.5 Å². The minimum atomic E-state index is -4.08. The number of nitrogens with zero attached hydrogens (tertiary/aromatic N) is 2. The first-order chi connectivity index (χ1) is 17.1. The molecule has 0 bridgehead atoms. The average molecular weight is 697 g/mol. The second kappa shape index (κ2) is 21.2. The normalized spacial score (nSPS) is 10.5. The van der Waals surface area contributed by atoms with E-state index < -0.39 is 10.1 Å². The minimum absolute atomic E-state index is 0. The molecule has 1 unspecified atom stereocenters. The van der Waals surface area contributed by atoms with Gasteiger partial charge in [-0.15, -0.1) is 0 Å². The Morgan fingerprint density at radius 1 is 0.784 bits per heavy atom. The predicted octanol–water partition coefficient (Wildman–Crippen LogP) is 4.81. The van der Waals surface area contributed by atoms with Crippen LogP contribution in [-0.4, -0.2) is 43.3 Å². The summed E-state index contributed by atoms with van der Waals surface area (Å²) < 4.78 is 30.8. The third-order valence-corrected chi connectivity index (χ3v) is 5.53. The van der Waals surface area contributed by atoms with Crippen molar-refractivity contribution in [1.82, 2.24) is 9.97 Å². The summed E-state index contributed by atoms with van der Waals surface area (Å²) >= 11 is 0. The molecule has 0 saturated heterocycles. The van der Waals surface area contributed by atoms with Gasteiger partial charge in [0.2, 0.25) is 0 Å². The monoisotopic (exact) mass is 697 g/mol. The van der Waals surface area contributed by atoms with Crippen LogP contribution in [0.3, 0.4) is 0 Å². The van der Waals surface area contributed by atoms with E-state index in [0.29, 0.717) is 11.3 Å². The summed E-state index contributed by atoms with van der Waals surface area (Å²) in [5, 5.41) is 0. The first-order valence-electron chi connectivity index (χ1n) is 10.6. The summed E-state index contributed by atoms with van der Waals surface area (Å²) in [7, 11) is -4.08. The van der Waals surface area contributed by atoms with E-state index in [9.17, 15) is 8.42 Å². The quantitative estimate of drug-likeness (QED) is 0.297. The van der Waals surface area contributed by atoms with E-state index in [0.717, 1.165) is 29.8 Å². The van der Waals surface area contributed by atoms with Gasteiger partial charge in [0.1, 0.15) is 0 Å². The molecule has 3 aromatic rings. The van der Waals surface area contributed by atoms with Crippen molar-refractivity contribution in [2.75, 3.05) is 0 Å². The van der Waals surface area contributed by atoms with Crippen molar-refractivity contribution in [3.05, 3.63) is 78.6 Å². The zero-order valence-electron chi connectivity index (χ0n) is 21.1. The number of hydrogen-bond donors (Lipinski definition) is 1. The summed E-state index contributed by atoms with van der Waals surface area (Å²) in [6.45, 7) is 22.3. The maximum Gasteiger partial charge on any atom is 0.294 e. The number of benzene rings is 1. The molecule has 0 aliphatic heterocycles. The summed E-state index contributed by atoms with van der Waals surface area (Å²) in [5.74, 6) is 0.389. The molecule has 1 aromatic carbocycles. The average Bonchev–Trinajstić information content (AvgIpc) is 2.91. The molecule has 37 heavy (non-hydrogen) atoms. The first-order valence-corrected chi connectivity index (χ1v) is 12.0. The van der Waals surface area contributed by atoms with Gasteiger partial charge >= 0.3 is 0 Å². The van der Waals surface area contributed by atoms with Crippen LogP contribution in [0.15, 0.2) is 78.0 Å². The molecule has 0 saturated carbocycles. The first kappa shape index (κ1) is 38.6. The number of rotatable bonds is 5. The van der Waals surface area contributed by atoms with Crippen LogP contribution in [0.2, 0.25) is 0 Å². The van der Waals surface area contributed by atoms with Crippen LogP contribution in [0.4, 0.5) is 0 Å². The third-order valence-electron chi connectivity index (χ3n) is 4.67. The number of hydrogen-bond acceptors (Lipinski definition) is 7. The smallest absolute Gasteiger partial charge is 0.294 e. The van der Waals surface area contributed by atoms with Crippen LogP contribution in [0, 0.1) is 5.41 Å². The van der Waals surface area contributed by atoms with E-state index in [1.165, 1.54) is 12.1 Å². The van der Waals surface area contributed by atoms with Crippen LogP contribution in [0.25, 0.3) is 11.4 Å². The van der Waals surface area contributed by atoms with Gasteiger partial charge < -0.3 is 34.8 Å². The van der Waals surface area contributed by atoms with Crippen LogP contribution < -0.4 is 0 Å². The minimum Gasteiger partial charge on any atom is -0.573 e. The predicted molar refractivity (Wildman–Crippen MR) is 138 cm³/mol. The Balaban J connectivity index is -0.000000528. The fourth-order valence-electron chi connectivity index (χ4n) is 2.81. The van der Waals surface area contributed by atoms with Crippen molar-refractivity contribution in [2.24, 2.45) is 5.41 Å². The number of aromatic nitrogens is 2. The number of pyridine rings is 2. The molecule has 2 aromatic heterocycles. The van der Waals surface area contributed by atoms with E-state index in [-0.39, 0.29) is 25.3 Å². The van der Waals surface area contributed by atoms with Gasteiger partial charge in [0, 0.05) is 32.8 Å². The third kappa shape index (κ3) is 17.2. The molecule has 1 N–H and O–H groups in total. The summed E-state index contributed by atoms with van der Waals surface area (Å²) in [6, 6.07) is 18.1. The molecule has 10 heteroatoms. The second-order valence-corrected chi connectivity index (χ2v) is 9.90. The van der Waals surface area contributed by atoms with Crippen LogP contribution in [0.1, 0.15) is 52.0 Å². The fraction of sp³-hybridized carbons (Fsp3) is 0.296. The molecule has 200 valence electrons. The molecular formula is C27H30N2O6ReS-3. The van der Waals surface area contributed by atoms with E-state index in [1.54, 1.807) is 24.5 Å². The Labute approximate surface area is 234 Å². The van der Waals surface area contributed by atoms with Crippen molar-refractivity contribution >= 4 is 30.5 Å².